The van der Waals surface area contributed by atoms with Crippen LogP contribution in [0.2, 0.25) is 0 Å². The number of hydrogen-bond donors (Lipinski definition) is 0. The molecule has 0 aliphatic carbocycles. The van der Waals surface area contributed by atoms with Crippen molar-refractivity contribution in [3.8, 4) is 0 Å². The van der Waals surface area contributed by atoms with E-state index < -0.39 is 0 Å². The molecular formula is C17H14BrN5O. The lowest BCUT2D eigenvalue weighted by Crippen LogP contribution is -2.28. The van der Waals surface area contributed by atoms with Crippen molar-refractivity contribution in [2.45, 2.75) is 12.5 Å². The summed E-state index contributed by atoms with van der Waals surface area (Å²) in [5.74, 6) is -0.313. The summed E-state index contributed by atoms with van der Waals surface area (Å²) in [7, 11) is 0. The SMILES string of the molecule is [N-]=[N+]=NCC(=O)N1N=C(c2ccccc2)C[C@@H]1c1ccc(Br)cc1. The fourth-order valence-corrected chi connectivity index (χ4v) is 2.92. The highest BCUT2D eigenvalue weighted by Gasteiger charge is 2.32. The van der Waals surface area contributed by atoms with Crippen LogP contribution >= 0.6 is 15.9 Å². The first-order valence-electron chi connectivity index (χ1n) is 7.40. The molecule has 0 unspecified atom stereocenters. The normalized spacial score (nSPS) is 16.5. The lowest BCUT2D eigenvalue weighted by atomic mass is 9.98. The van der Waals surface area contributed by atoms with E-state index in [1.807, 2.05) is 54.6 Å². The fraction of sp³-hybridized carbons (Fsp3) is 0.176. The number of nitrogens with zero attached hydrogens (tertiary/aromatic N) is 5. The van der Waals surface area contributed by atoms with Crippen molar-refractivity contribution in [3.05, 3.63) is 80.6 Å². The first kappa shape index (κ1) is 16.2. The number of benzene rings is 2. The summed E-state index contributed by atoms with van der Waals surface area (Å²) >= 11 is 3.42. The molecule has 24 heavy (non-hydrogen) atoms. The van der Waals surface area contributed by atoms with Gasteiger partial charge in [-0.2, -0.15) is 5.10 Å². The van der Waals surface area contributed by atoms with Gasteiger partial charge in [0.15, 0.2) is 0 Å². The maximum absolute atomic E-state index is 12.4. The molecule has 1 heterocycles. The molecule has 0 radical (unpaired) electrons. The standard InChI is InChI=1S/C17H14BrN5O/c18-14-8-6-13(7-9-14)16-10-15(12-4-2-1-3-5-12)21-23(16)17(24)11-20-22-19/h1-9,16H,10-11H2/t16-/m1/s1. The topological polar surface area (TPSA) is 81.4 Å². The second kappa shape index (κ2) is 7.29. The monoisotopic (exact) mass is 383 g/mol. The third-order valence-corrected chi connectivity index (χ3v) is 4.33. The maximum atomic E-state index is 12.4. The molecule has 1 aliphatic heterocycles. The number of hydrazone groups is 1. The van der Waals surface area contributed by atoms with Crippen LogP contribution in [0.4, 0.5) is 0 Å². The summed E-state index contributed by atoms with van der Waals surface area (Å²) in [6.45, 7) is -0.241. The van der Waals surface area contributed by atoms with E-state index in [1.54, 1.807) is 0 Å². The average molecular weight is 384 g/mol. The van der Waals surface area contributed by atoms with Gasteiger partial charge in [-0.25, -0.2) is 5.01 Å². The molecule has 1 aliphatic rings. The molecule has 1 amide bonds. The summed E-state index contributed by atoms with van der Waals surface area (Å²) in [4.78, 5) is 15.0. The second-order valence-corrected chi connectivity index (χ2v) is 6.23. The number of carbonyl (C=O) groups excluding carboxylic acids is 1. The van der Waals surface area contributed by atoms with E-state index in [-0.39, 0.29) is 18.5 Å². The Bertz CT molecular complexity index is 813. The molecule has 0 spiro atoms. The average Bonchev–Trinajstić information content (AvgIpc) is 3.06. The predicted octanol–water partition coefficient (Wildman–Crippen LogP) is 4.44. The van der Waals surface area contributed by atoms with E-state index in [0.717, 1.165) is 21.3 Å². The van der Waals surface area contributed by atoms with Crippen molar-refractivity contribution in [1.82, 2.24) is 5.01 Å². The summed E-state index contributed by atoms with van der Waals surface area (Å²) in [5, 5.41) is 9.30. The van der Waals surface area contributed by atoms with E-state index in [1.165, 1.54) is 5.01 Å². The van der Waals surface area contributed by atoms with Crippen molar-refractivity contribution >= 4 is 27.5 Å². The first-order valence-corrected chi connectivity index (χ1v) is 8.19. The molecule has 0 aromatic heterocycles. The number of halogens is 1. The van der Waals surface area contributed by atoms with Crippen LogP contribution in [0.1, 0.15) is 23.6 Å². The summed E-state index contributed by atoms with van der Waals surface area (Å²) < 4.78 is 0.973. The summed E-state index contributed by atoms with van der Waals surface area (Å²) in [5.41, 5.74) is 11.3. The molecule has 6 nitrogen and oxygen atoms in total. The molecule has 0 saturated heterocycles. The third-order valence-electron chi connectivity index (χ3n) is 3.80. The van der Waals surface area contributed by atoms with Gasteiger partial charge in [-0.3, -0.25) is 4.79 Å². The van der Waals surface area contributed by atoms with Gasteiger partial charge in [-0.15, -0.1) is 0 Å². The smallest absolute Gasteiger partial charge is 0.249 e. The minimum Gasteiger partial charge on any atom is -0.273 e. The maximum Gasteiger partial charge on any atom is 0.249 e. The molecule has 0 bridgehead atoms. The Morgan fingerprint density at radius 1 is 1.25 bits per heavy atom. The molecule has 0 fully saturated rings. The zero-order valence-corrected chi connectivity index (χ0v) is 14.3. The van der Waals surface area contributed by atoms with Crippen LogP contribution in [0.25, 0.3) is 10.4 Å². The third kappa shape index (κ3) is 3.48. The van der Waals surface area contributed by atoms with Gasteiger partial charge >= 0.3 is 0 Å². The molecule has 3 rings (SSSR count). The second-order valence-electron chi connectivity index (χ2n) is 5.31. The molecule has 0 N–H and O–H groups in total. The number of carbonyl (C=O) groups is 1. The number of rotatable bonds is 4. The summed E-state index contributed by atoms with van der Waals surface area (Å²) in [6.07, 6.45) is 0.619. The molecule has 120 valence electrons. The first-order chi connectivity index (χ1) is 11.7. The van der Waals surface area contributed by atoms with E-state index in [2.05, 4.69) is 31.1 Å². The Morgan fingerprint density at radius 2 is 1.96 bits per heavy atom. The van der Waals surface area contributed by atoms with Gasteiger partial charge in [0, 0.05) is 15.8 Å². The van der Waals surface area contributed by atoms with Crippen molar-refractivity contribution in [2.75, 3.05) is 6.54 Å². The number of amides is 1. The quantitative estimate of drug-likeness (QED) is 0.436. The number of azide groups is 1. The molecule has 2 aromatic carbocycles. The van der Waals surface area contributed by atoms with Gasteiger partial charge in [0.25, 0.3) is 0 Å². The van der Waals surface area contributed by atoms with Crippen LogP contribution in [-0.4, -0.2) is 23.2 Å². The van der Waals surface area contributed by atoms with Crippen LogP contribution in [0.3, 0.4) is 0 Å². The van der Waals surface area contributed by atoms with Gasteiger partial charge in [0.2, 0.25) is 5.91 Å². The molecule has 0 saturated carbocycles. The van der Waals surface area contributed by atoms with E-state index in [9.17, 15) is 4.79 Å². The molecule has 7 heteroatoms. The highest BCUT2D eigenvalue weighted by atomic mass is 79.9. The minimum absolute atomic E-state index is 0.199. The largest absolute Gasteiger partial charge is 0.273 e. The zero-order valence-electron chi connectivity index (χ0n) is 12.7. The van der Waals surface area contributed by atoms with Gasteiger partial charge in [0.05, 0.1) is 11.8 Å². The van der Waals surface area contributed by atoms with Gasteiger partial charge in [0.1, 0.15) is 6.54 Å². The Labute approximate surface area is 147 Å². The van der Waals surface area contributed by atoms with Crippen LogP contribution in [-0.2, 0) is 4.79 Å². The molecule has 2 aromatic rings. The van der Waals surface area contributed by atoms with Crippen molar-refractivity contribution < 1.29 is 4.79 Å². The van der Waals surface area contributed by atoms with E-state index in [0.29, 0.717) is 6.42 Å². The molecular weight excluding hydrogens is 370 g/mol. The highest BCUT2D eigenvalue weighted by molar-refractivity contribution is 9.10. The van der Waals surface area contributed by atoms with Crippen molar-refractivity contribution in [3.63, 3.8) is 0 Å². The van der Waals surface area contributed by atoms with E-state index >= 15 is 0 Å². The summed E-state index contributed by atoms with van der Waals surface area (Å²) in [6, 6.07) is 17.4. The Kier molecular flexibility index (Phi) is 4.93. The van der Waals surface area contributed by atoms with Crippen LogP contribution in [0, 0.1) is 0 Å². The van der Waals surface area contributed by atoms with Crippen LogP contribution < -0.4 is 0 Å². The van der Waals surface area contributed by atoms with Gasteiger partial charge in [-0.05, 0) is 28.8 Å². The lowest BCUT2D eigenvalue weighted by molar-refractivity contribution is -0.131. The highest BCUT2D eigenvalue weighted by Crippen LogP contribution is 2.33. The van der Waals surface area contributed by atoms with Gasteiger partial charge < -0.3 is 0 Å². The van der Waals surface area contributed by atoms with Crippen LogP contribution in [0.15, 0.2) is 69.3 Å². The lowest BCUT2D eigenvalue weighted by Gasteiger charge is -2.21. The Morgan fingerprint density at radius 3 is 2.62 bits per heavy atom. The Hall–Kier alpha value is -2.63. The van der Waals surface area contributed by atoms with Crippen LogP contribution in [0.5, 0.6) is 0 Å². The van der Waals surface area contributed by atoms with E-state index in [4.69, 9.17) is 5.53 Å². The minimum atomic E-state index is -0.313. The van der Waals surface area contributed by atoms with Gasteiger partial charge in [-0.1, -0.05) is 63.5 Å². The molecule has 1 atom stereocenters. The zero-order chi connectivity index (χ0) is 16.9. The number of hydrogen-bond acceptors (Lipinski definition) is 3. The predicted molar refractivity (Wildman–Crippen MR) is 95.3 cm³/mol. The fourth-order valence-electron chi connectivity index (χ4n) is 2.65. The Balaban J connectivity index is 1.93. The van der Waals surface area contributed by atoms with Crippen molar-refractivity contribution in [1.29, 1.82) is 0 Å². The van der Waals surface area contributed by atoms with Crippen molar-refractivity contribution in [2.24, 2.45) is 10.2 Å².